The number of piperidine rings is 1. The lowest BCUT2D eigenvalue weighted by atomic mass is 10.0. The summed E-state index contributed by atoms with van der Waals surface area (Å²) in [6.07, 6.45) is 2.06. The van der Waals surface area contributed by atoms with E-state index in [0.29, 0.717) is 37.0 Å². The number of fused-ring (bicyclic) bond motifs is 1. The molecule has 0 N–H and O–H groups in total. The lowest BCUT2D eigenvalue weighted by Crippen LogP contribution is -2.44. The molecule has 3 aromatic rings. The number of halogens is 3. The Morgan fingerprint density at radius 1 is 1.15 bits per heavy atom. The summed E-state index contributed by atoms with van der Waals surface area (Å²) >= 11 is 5.85. The molecule has 0 bridgehead atoms. The zero-order valence-corrected chi connectivity index (χ0v) is 19.0. The molecule has 2 aromatic heterocycles. The first-order valence-electron chi connectivity index (χ1n) is 10.8. The molecule has 34 heavy (non-hydrogen) atoms. The van der Waals surface area contributed by atoms with E-state index in [1.165, 1.54) is 18.3 Å². The number of amides is 1. The van der Waals surface area contributed by atoms with Gasteiger partial charge in [-0.1, -0.05) is 17.7 Å². The first-order chi connectivity index (χ1) is 16.4. The van der Waals surface area contributed by atoms with E-state index in [4.69, 9.17) is 16.3 Å². The Kier molecular flexibility index (Phi) is 7.26. The minimum absolute atomic E-state index is 0.0341. The van der Waals surface area contributed by atoms with Crippen molar-refractivity contribution in [2.75, 3.05) is 26.4 Å². The molecule has 1 aromatic carbocycles. The van der Waals surface area contributed by atoms with Gasteiger partial charge in [0, 0.05) is 25.3 Å². The van der Waals surface area contributed by atoms with E-state index < -0.39 is 30.7 Å². The number of rotatable bonds is 8. The van der Waals surface area contributed by atoms with Crippen molar-refractivity contribution in [3.63, 3.8) is 0 Å². The molecule has 8 nitrogen and oxygen atoms in total. The summed E-state index contributed by atoms with van der Waals surface area (Å²) in [6, 6.07) is 7.45. The van der Waals surface area contributed by atoms with Crippen molar-refractivity contribution in [2.45, 2.75) is 31.5 Å². The average molecular weight is 493 g/mol. The van der Waals surface area contributed by atoms with Crippen molar-refractivity contribution in [1.82, 2.24) is 19.0 Å². The Labute approximate surface area is 198 Å². The maximum Gasteiger partial charge on any atom is 0.332 e. The summed E-state index contributed by atoms with van der Waals surface area (Å²) < 4.78 is 33.9. The molecule has 0 radical (unpaired) electrons. The number of carbonyl (C=O) groups excluding carboxylic acids is 1. The average Bonchev–Trinajstić information content (AvgIpc) is 2.87. The van der Waals surface area contributed by atoms with Crippen molar-refractivity contribution >= 4 is 28.9 Å². The highest BCUT2D eigenvalue weighted by molar-refractivity contribution is 6.29. The van der Waals surface area contributed by atoms with E-state index >= 15 is 0 Å². The van der Waals surface area contributed by atoms with Crippen LogP contribution in [0.15, 0.2) is 46.1 Å². The Hall–Kier alpha value is -3.27. The van der Waals surface area contributed by atoms with Crippen LogP contribution < -0.4 is 16.0 Å². The number of pyridine rings is 1. The number of carbonyl (C=O) groups is 1. The molecule has 1 aliphatic rings. The fraction of sp³-hybridized carbons (Fsp3) is 0.391. The van der Waals surface area contributed by atoms with Crippen LogP contribution in [0.4, 0.5) is 8.78 Å². The van der Waals surface area contributed by atoms with Crippen LogP contribution in [-0.4, -0.2) is 58.0 Å². The van der Waals surface area contributed by atoms with Gasteiger partial charge in [0.25, 0.3) is 5.56 Å². The largest absolute Gasteiger partial charge is 0.485 e. The molecule has 11 heteroatoms. The molecule has 0 unspecified atom stereocenters. The summed E-state index contributed by atoms with van der Waals surface area (Å²) in [4.78, 5) is 43.7. The van der Waals surface area contributed by atoms with Crippen LogP contribution in [-0.2, 0) is 11.3 Å². The third-order valence-corrected chi connectivity index (χ3v) is 6.15. The summed E-state index contributed by atoms with van der Waals surface area (Å²) in [5.74, 6) is 0.130. The van der Waals surface area contributed by atoms with Gasteiger partial charge in [-0.25, -0.2) is 18.6 Å². The molecular formula is C23H23ClF2N4O4. The Morgan fingerprint density at radius 3 is 2.50 bits per heavy atom. The number of aromatic nitrogens is 3. The maximum absolute atomic E-state index is 13.5. The van der Waals surface area contributed by atoms with Crippen LogP contribution >= 0.6 is 11.6 Å². The van der Waals surface area contributed by atoms with Crippen molar-refractivity contribution in [1.29, 1.82) is 0 Å². The number of likely N-dealkylation sites (tertiary alicyclic amines) is 1. The highest BCUT2D eigenvalue weighted by Crippen LogP contribution is 2.26. The van der Waals surface area contributed by atoms with E-state index in [-0.39, 0.29) is 28.9 Å². The predicted molar refractivity (Wildman–Crippen MR) is 123 cm³/mol. The smallest absolute Gasteiger partial charge is 0.332 e. The fourth-order valence-corrected chi connectivity index (χ4v) is 4.27. The van der Waals surface area contributed by atoms with Crippen molar-refractivity contribution < 1.29 is 18.3 Å². The van der Waals surface area contributed by atoms with Gasteiger partial charge >= 0.3 is 5.69 Å². The zero-order valence-electron chi connectivity index (χ0n) is 18.2. The molecule has 4 rings (SSSR count). The van der Waals surface area contributed by atoms with Gasteiger partial charge in [-0.2, -0.15) is 0 Å². The predicted octanol–water partition coefficient (Wildman–Crippen LogP) is 2.74. The van der Waals surface area contributed by atoms with Crippen LogP contribution in [0.3, 0.4) is 0 Å². The van der Waals surface area contributed by atoms with Gasteiger partial charge in [0.1, 0.15) is 24.3 Å². The van der Waals surface area contributed by atoms with Crippen molar-refractivity contribution in [3.8, 4) is 5.75 Å². The van der Waals surface area contributed by atoms with Gasteiger partial charge in [-0.15, -0.1) is 0 Å². The highest BCUT2D eigenvalue weighted by Gasteiger charge is 2.25. The van der Waals surface area contributed by atoms with Gasteiger partial charge in [0.2, 0.25) is 6.41 Å². The number of hydrogen-bond acceptors (Lipinski definition) is 5. The first-order valence-corrected chi connectivity index (χ1v) is 11.2. The van der Waals surface area contributed by atoms with E-state index in [1.54, 1.807) is 27.7 Å². The molecule has 1 aliphatic heterocycles. The summed E-state index contributed by atoms with van der Waals surface area (Å²) in [7, 11) is 0. The second-order valence-electron chi connectivity index (χ2n) is 8.13. The monoisotopic (exact) mass is 492 g/mol. The number of alkyl halides is 2. The fourth-order valence-electron chi connectivity index (χ4n) is 4.16. The summed E-state index contributed by atoms with van der Waals surface area (Å²) in [6.45, 7) is -1.10. The molecule has 0 aliphatic carbocycles. The Morgan fingerprint density at radius 2 is 1.88 bits per heavy atom. The third kappa shape index (κ3) is 4.82. The minimum atomic E-state index is -1.28. The molecule has 1 fully saturated rings. The van der Waals surface area contributed by atoms with Gasteiger partial charge in [0.05, 0.1) is 17.4 Å². The quantitative estimate of drug-likeness (QED) is 0.356. The van der Waals surface area contributed by atoms with Gasteiger partial charge < -0.3 is 9.64 Å². The Bertz CT molecular complexity index is 1280. The molecule has 0 atom stereocenters. The number of ether oxygens (including phenoxy) is 1. The second-order valence-corrected chi connectivity index (χ2v) is 8.52. The summed E-state index contributed by atoms with van der Waals surface area (Å²) in [5, 5.41) is 0.472. The first kappa shape index (κ1) is 23.9. The Balaban J connectivity index is 1.85. The molecule has 3 heterocycles. The van der Waals surface area contributed by atoms with Crippen LogP contribution in [0.5, 0.6) is 5.75 Å². The van der Waals surface area contributed by atoms with Crippen molar-refractivity contribution in [2.24, 2.45) is 0 Å². The molecule has 1 saturated heterocycles. The molecular weight excluding hydrogens is 470 g/mol. The van der Waals surface area contributed by atoms with Crippen molar-refractivity contribution in [3.05, 3.63) is 68.1 Å². The highest BCUT2D eigenvalue weighted by atomic mass is 35.5. The molecule has 0 spiro atoms. The molecule has 0 saturated carbocycles. The number of benzene rings is 1. The number of nitrogens with zero attached hydrogens (tertiary/aromatic N) is 4. The summed E-state index contributed by atoms with van der Waals surface area (Å²) in [5.41, 5.74) is -0.0443. The van der Waals surface area contributed by atoms with Gasteiger partial charge in [-0.05, 0) is 42.7 Å². The number of hydrogen-bond donors (Lipinski definition) is 0. The molecule has 180 valence electrons. The van der Waals surface area contributed by atoms with Crippen LogP contribution in [0.2, 0.25) is 5.15 Å². The minimum Gasteiger partial charge on any atom is -0.485 e. The SMILES string of the molecule is O=CN1CCC(n2c(=O)n(Cc3ccc(Cl)nc3)c(=O)c3cc(OC(CF)CF)ccc32)CC1. The van der Waals surface area contributed by atoms with E-state index in [0.717, 1.165) is 11.0 Å². The van der Waals surface area contributed by atoms with E-state index in [1.807, 2.05) is 0 Å². The van der Waals surface area contributed by atoms with E-state index in [2.05, 4.69) is 4.98 Å². The maximum atomic E-state index is 13.5. The van der Waals surface area contributed by atoms with Crippen LogP contribution in [0.25, 0.3) is 10.9 Å². The standard InChI is InChI=1S/C23H23ClF2N4O4/c24-21-4-1-15(12-27-21)13-29-22(32)19-9-17(34-18(10-25)11-26)2-3-20(19)30(23(29)33)16-5-7-28(14-31)8-6-16/h1-4,9,12,14,16,18H,5-8,10-11,13H2. The zero-order chi connectivity index (χ0) is 24.2. The third-order valence-electron chi connectivity index (χ3n) is 5.93. The normalized spacial score (nSPS) is 14.6. The van der Waals surface area contributed by atoms with Gasteiger partial charge in [-0.3, -0.25) is 18.7 Å². The lowest BCUT2D eigenvalue weighted by molar-refractivity contribution is -0.119. The van der Waals surface area contributed by atoms with Crippen LogP contribution in [0, 0.1) is 0 Å². The van der Waals surface area contributed by atoms with E-state index in [9.17, 15) is 23.2 Å². The molecule has 1 amide bonds. The lowest BCUT2D eigenvalue weighted by Gasteiger charge is -2.31. The van der Waals surface area contributed by atoms with Crippen LogP contribution in [0.1, 0.15) is 24.4 Å². The second kappa shape index (κ2) is 10.3. The topological polar surface area (TPSA) is 86.4 Å². The van der Waals surface area contributed by atoms with Gasteiger partial charge in [0.15, 0.2) is 6.10 Å².